The van der Waals surface area contributed by atoms with Crippen molar-refractivity contribution in [3.05, 3.63) is 34.9 Å². The third kappa shape index (κ3) is 4.11. The minimum absolute atomic E-state index is 0.125. The Kier molecular flexibility index (Phi) is 5.44. The maximum atomic E-state index is 12.1. The first-order chi connectivity index (χ1) is 10.1. The number of halogens is 1. The Balaban J connectivity index is 1.83. The van der Waals surface area contributed by atoms with Crippen LogP contribution in [0.25, 0.3) is 0 Å². The summed E-state index contributed by atoms with van der Waals surface area (Å²) in [5.41, 5.74) is 1.07. The summed E-state index contributed by atoms with van der Waals surface area (Å²) in [4.78, 5) is 25.2. The summed E-state index contributed by atoms with van der Waals surface area (Å²) < 4.78 is 4.69. The molecule has 1 atom stereocenters. The van der Waals surface area contributed by atoms with E-state index >= 15 is 0 Å². The molecule has 1 N–H and O–H groups in total. The molecule has 6 heteroatoms. The number of nitrogens with one attached hydrogen (secondary N) is 1. The number of carbonyl (C=O) groups excluding carboxylic acids is 2. The maximum Gasteiger partial charge on any atom is 0.410 e. The molecule has 0 aromatic heterocycles. The summed E-state index contributed by atoms with van der Waals surface area (Å²) in [5, 5.41) is 3.56. The molecule has 1 aliphatic heterocycles. The van der Waals surface area contributed by atoms with Gasteiger partial charge in [-0.25, -0.2) is 4.79 Å². The predicted octanol–water partition coefficient (Wildman–Crippen LogP) is 2.23. The van der Waals surface area contributed by atoms with Crippen molar-refractivity contribution in [1.29, 1.82) is 0 Å². The molecule has 1 unspecified atom stereocenters. The standard InChI is InChI=1S/C15H19ClN2O3/c1-21-15(20)18-9-3-6-13(18)14(19)17-8-7-11-4-2-5-12(16)10-11/h2,4-5,10,13H,3,6-9H2,1H3,(H,17,19). The Hall–Kier alpha value is -1.75. The molecule has 1 heterocycles. The molecule has 0 bridgehead atoms. The highest BCUT2D eigenvalue weighted by molar-refractivity contribution is 6.30. The summed E-state index contributed by atoms with van der Waals surface area (Å²) in [6.07, 6.45) is 1.76. The fourth-order valence-electron chi connectivity index (χ4n) is 2.52. The van der Waals surface area contributed by atoms with Crippen LogP contribution < -0.4 is 5.32 Å². The quantitative estimate of drug-likeness (QED) is 0.928. The zero-order chi connectivity index (χ0) is 15.2. The van der Waals surface area contributed by atoms with Gasteiger partial charge in [-0.3, -0.25) is 9.69 Å². The molecule has 1 aromatic carbocycles. The normalized spacial score (nSPS) is 17.6. The lowest BCUT2D eigenvalue weighted by Gasteiger charge is -2.22. The molecule has 0 aliphatic carbocycles. The van der Waals surface area contributed by atoms with Gasteiger partial charge in [-0.1, -0.05) is 23.7 Å². The van der Waals surface area contributed by atoms with Gasteiger partial charge in [-0.05, 0) is 37.0 Å². The van der Waals surface area contributed by atoms with Crippen molar-refractivity contribution in [2.45, 2.75) is 25.3 Å². The minimum Gasteiger partial charge on any atom is -0.453 e. The average molecular weight is 311 g/mol. The third-order valence-electron chi connectivity index (χ3n) is 3.57. The van der Waals surface area contributed by atoms with Gasteiger partial charge in [0.2, 0.25) is 5.91 Å². The number of benzene rings is 1. The zero-order valence-corrected chi connectivity index (χ0v) is 12.7. The van der Waals surface area contributed by atoms with E-state index in [1.165, 1.54) is 12.0 Å². The first-order valence-electron chi connectivity index (χ1n) is 6.98. The van der Waals surface area contributed by atoms with Crippen LogP contribution in [0.4, 0.5) is 4.79 Å². The van der Waals surface area contributed by atoms with Crippen LogP contribution in [0.3, 0.4) is 0 Å². The molecular formula is C15H19ClN2O3. The lowest BCUT2D eigenvalue weighted by atomic mass is 10.1. The monoisotopic (exact) mass is 310 g/mol. The minimum atomic E-state index is -0.442. The highest BCUT2D eigenvalue weighted by Gasteiger charge is 2.34. The van der Waals surface area contributed by atoms with Crippen LogP contribution in [0.1, 0.15) is 18.4 Å². The molecule has 0 spiro atoms. The molecule has 2 amide bonds. The van der Waals surface area contributed by atoms with E-state index in [1.807, 2.05) is 24.3 Å². The topological polar surface area (TPSA) is 58.6 Å². The van der Waals surface area contributed by atoms with Crippen LogP contribution in [0.2, 0.25) is 5.02 Å². The molecule has 114 valence electrons. The number of rotatable bonds is 4. The fraction of sp³-hybridized carbons (Fsp3) is 0.467. The number of amides is 2. The lowest BCUT2D eigenvalue weighted by Crippen LogP contribution is -2.46. The smallest absolute Gasteiger partial charge is 0.410 e. The first-order valence-corrected chi connectivity index (χ1v) is 7.36. The SMILES string of the molecule is COC(=O)N1CCCC1C(=O)NCCc1cccc(Cl)c1. The molecule has 0 radical (unpaired) electrons. The van der Waals surface area contributed by atoms with E-state index < -0.39 is 12.1 Å². The summed E-state index contributed by atoms with van der Waals surface area (Å²) >= 11 is 5.91. The number of ether oxygens (including phenoxy) is 1. The zero-order valence-electron chi connectivity index (χ0n) is 12.0. The van der Waals surface area contributed by atoms with Gasteiger partial charge in [0.1, 0.15) is 6.04 Å². The Morgan fingerprint density at radius 2 is 2.29 bits per heavy atom. The van der Waals surface area contributed by atoms with Crippen LogP contribution in [0, 0.1) is 0 Å². The summed E-state index contributed by atoms with van der Waals surface area (Å²) in [7, 11) is 1.33. The van der Waals surface area contributed by atoms with Crippen molar-refractivity contribution in [2.24, 2.45) is 0 Å². The largest absolute Gasteiger partial charge is 0.453 e. The molecule has 1 aliphatic rings. The Labute approximate surface area is 129 Å². The van der Waals surface area contributed by atoms with Crippen LogP contribution in [0.15, 0.2) is 24.3 Å². The van der Waals surface area contributed by atoms with E-state index in [0.717, 1.165) is 12.0 Å². The number of methoxy groups -OCH3 is 1. The second-order valence-corrected chi connectivity index (χ2v) is 5.43. The fourth-order valence-corrected chi connectivity index (χ4v) is 2.73. The summed E-state index contributed by atoms with van der Waals surface area (Å²) in [5.74, 6) is -0.125. The number of hydrogen-bond acceptors (Lipinski definition) is 3. The number of nitrogens with zero attached hydrogens (tertiary/aromatic N) is 1. The average Bonchev–Trinajstić information content (AvgIpc) is 2.96. The van der Waals surface area contributed by atoms with E-state index in [0.29, 0.717) is 31.0 Å². The second-order valence-electron chi connectivity index (χ2n) is 4.99. The van der Waals surface area contributed by atoms with Crippen molar-refractivity contribution in [2.75, 3.05) is 20.2 Å². The van der Waals surface area contributed by atoms with Gasteiger partial charge in [0.05, 0.1) is 7.11 Å². The van der Waals surface area contributed by atoms with Gasteiger partial charge in [0.15, 0.2) is 0 Å². The van der Waals surface area contributed by atoms with Crippen molar-refractivity contribution in [3.8, 4) is 0 Å². The second kappa shape index (κ2) is 7.31. The first kappa shape index (κ1) is 15.6. The Morgan fingerprint density at radius 3 is 3.00 bits per heavy atom. The molecule has 21 heavy (non-hydrogen) atoms. The van der Waals surface area contributed by atoms with Gasteiger partial charge in [-0.2, -0.15) is 0 Å². The van der Waals surface area contributed by atoms with Crippen molar-refractivity contribution in [3.63, 3.8) is 0 Å². The van der Waals surface area contributed by atoms with E-state index in [4.69, 9.17) is 16.3 Å². The molecule has 2 rings (SSSR count). The lowest BCUT2D eigenvalue weighted by molar-refractivity contribution is -0.125. The van der Waals surface area contributed by atoms with Crippen molar-refractivity contribution >= 4 is 23.6 Å². The maximum absolute atomic E-state index is 12.1. The highest BCUT2D eigenvalue weighted by atomic mass is 35.5. The predicted molar refractivity (Wildman–Crippen MR) is 80.3 cm³/mol. The molecule has 0 saturated carbocycles. The van der Waals surface area contributed by atoms with E-state index in [1.54, 1.807) is 0 Å². The van der Waals surface area contributed by atoms with Crippen LogP contribution >= 0.6 is 11.6 Å². The van der Waals surface area contributed by atoms with Gasteiger partial charge < -0.3 is 10.1 Å². The summed E-state index contributed by atoms with van der Waals surface area (Å²) in [6, 6.07) is 7.13. The molecule has 1 fully saturated rings. The van der Waals surface area contributed by atoms with E-state index in [-0.39, 0.29) is 5.91 Å². The number of likely N-dealkylation sites (tertiary alicyclic amines) is 1. The molecule has 5 nitrogen and oxygen atoms in total. The number of carbonyl (C=O) groups is 2. The van der Waals surface area contributed by atoms with E-state index in [9.17, 15) is 9.59 Å². The third-order valence-corrected chi connectivity index (χ3v) is 3.80. The van der Waals surface area contributed by atoms with Crippen LogP contribution in [0.5, 0.6) is 0 Å². The van der Waals surface area contributed by atoms with Gasteiger partial charge >= 0.3 is 6.09 Å². The van der Waals surface area contributed by atoms with Crippen LogP contribution in [-0.2, 0) is 16.0 Å². The van der Waals surface area contributed by atoms with Crippen molar-refractivity contribution < 1.29 is 14.3 Å². The Morgan fingerprint density at radius 1 is 1.48 bits per heavy atom. The highest BCUT2D eigenvalue weighted by Crippen LogP contribution is 2.18. The Bertz CT molecular complexity index is 521. The van der Waals surface area contributed by atoms with Gasteiger partial charge in [-0.15, -0.1) is 0 Å². The van der Waals surface area contributed by atoms with Gasteiger partial charge in [0, 0.05) is 18.1 Å². The van der Waals surface area contributed by atoms with E-state index in [2.05, 4.69) is 5.32 Å². The molecular weight excluding hydrogens is 292 g/mol. The number of hydrogen-bond donors (Lipinski definition) is 1. The summed E-state index contributed by atoms with van der Waals surface area (Å²) in [6.45, 7) is 1.09. The van der Waals surface area contributed by atoms with Crippen molar-refractivity contribution in [1.82, 2.24) is 10.2 Å². The van der Waals surface area contributed by atoms with Crippen LogP contribution in [-0.4, -0.2) is 43.1 Å². The molecule has 1 saturated heterocycles. The molecule has 1 aromatic rings. The van der Waals surface area contributed by atoms with Gasteiger partial charge in [0.25, 0.3) is 0 Å².